The third kappa shape index (κ3) is 3.88. The summed E-state index contributed by atoms with van der Waals surface area (Å²) in [7, 11) is 0. The van der Waals surface area contributed by atoms with Crippen molar-refractivity contribution in [2.45, 2.75) is 63.9 Å². The van der Waals surface area contributed by atoms with E-state index in [0.29, 0.717) is 29.7 Å². The van der Waals surface area contributed by atoms with Gasteiger partial charge >= 0.3 is 5.97 Å². The maximum Gasteiger partial charge on any atom is 0.336 e. The van der Waals surface area contributed by atoms with Crippen molar-refractivity contribution in [3.05, 3.63) is 63.0 Å². The summed E-state index contributed by atoms with van der Waals surface area (Å²) in [5.74, 6) is -1.55. The lowest BCUT2D eigenvalue weighted by molar-refractivity contribution is -0.384. The van der Waals surface area contributed by atoms with Crippen LogP contribution in [0, 0.1) is 16.0 Å². The topological polar surface area (TPSA) is 98.5 Å². The largest absolute Gasteiger partial charge is 0.459 e. The van der Waals surface area contributed by atoms with Gasteiger partial charge in [-0.05, 0) is 44.6 Å². The van der Waals surface area contributed by atoms with E-state index in [1.54, 1.807) is 19.1 Å². The Bertz CT molecular complexity index is 943. The minimum Gasteiger partial charge on any atom is -0.459 e. The Labute approximate surface area is 175 Å². The summed E-state index contributed by atoms with van der Waals surface area (Å²) in [6.07, 6.45) is 7.84. The number of Topliss-reactive ketones (excluding diaryl/α,β-unsaturated/α-hetero) is 1. The van der Waals surface area contributed by atoms with Crippen molar-refractivity contribution >= 4 is 17.4 Å². The van der Waals surface area contributed by atoms with Gasteiger partial charge < -0.3 is 10.1 Å². The number of fused-ring (bicyclic) bond motifs is 1. The Morgan fingerprint density at radius 3 is 2.70 bits per heavy atom. The van der Waals surface area contributed by atoms with Crippen LogP contribution in [0.25, 0.3) is 0 Å². The second kappa shape index (κ2) is 8.42. The standard InChI is InChI=1S/C23H26N2O5/c1-14-20(23(27)30-17-9-3-2-4-10-17)21(15-7-5-8-16(13-15)25(28)29)22-18(24-14)11-6-12-19(22)26/h5,7-8,11,13,17,21-22,24H,2-4,6,9-10,12H2,1H3. The molecule has 30 heavy (non-hydrogen) atoms. The lowest BCUT2D eigenvalue weighted by atomic mass is 9.71. The number of rotatable bonds is 4. The second-order valence-electron chi connectivity index (χ2n) is 8.30. The number of ether oxygens (including phenoxy) is 1. The highest BCUT2D eigenvalue weighted by Gasteiger charge is 2.44. The number of allylic oxidation sites excluding steroid dienone is 3. The van der Waals surface area contributed by atoms with Crippen molar-refractivity contribution in [3.63, 3.8) is 0 Å². The second-order valence-corrected chi connectivity index (χ2v) is 8.30. The Balaban J connectivity index is 1.76. The van der Waals surface area contributed by atoms with Crippen LogP contribution in [0.15, 0.2) is 47.3 Å². The van der Waals surface area contributed by atoms with E-state index in [0.717, 1.165) is 37.8 Å². The third-order valence-electron chi connectivity index (χ3n) is 6.30. The number of nitro benzene ring substituents is 1. The van der Waals surface area contributed by atoms with Crippen LogP contribution in [0.3, 0.4) is 0 Å². The van der Waals surface area contributed by atoms with Crippen LogP contribution in [0.4, 0.5) is 5.69 Å². The van der Waals surface area contributed by atoms with Gasteiger partial charge in [-0.1, -0.05) is 24.6 Å². The minimum atomic E-state index is -0.596. The van der Waals surface area contributed by atoms with Crippen LogP contribution in [-0.2, 0) is 14.3 Å². The molecule has 4 rings (SSSR count). The first-order chi connectivity index (χ1) is 14.5. The number of nitrogens with one attached hydrogen (secondary N) is 1. The lowest BCUT2D eigenvalue weighted by Crippen LogP contribution is -2.41. The molecule has 1 heterocycles. The molecule has 2 atom stereocenters. The number of esters is 1. The molecule has 1 aromatic rings. The van der Waals surface area contributed by atoms with Crippen molar-refractivity contribution in [2.24, 2.45) is 5.92 Å². The number of hydrogen-bond donors (Lipinski definition) is 1. The van der Waals surface area contributed by atoms with Crippen LogP contribution in [0.1, 0.15) is 63.4 Å². The zero-order valence-electron chi connectivity index (χ0n) is 17.1. The highest BCUT2D eigenvalue weighted by Crippen LogP contribution is 2.44. The van der Waals surface area contributed by atoms with E-state index < -0.39 is 22.7 Å². The third-order valence-corrected chi connectivity index (χ3v) is 6.30. The van der Waals surface area contributed by atoms with Gasteiger partial charge in [-0.25, -0.2) is 4.79 Å². The molecule has 0 amide bonds. The Kier molecular flexibility index (Phi) is 5.70. The fourth-order valence-corrected chi connectivity index (χ4v) is 4.87. The zero-order chi connectivity index (χ0) is 21.3. The quantitative estimate of drug-likeness (QED) is 0.452. The average Bonchev–Trinajstić information content (AvgIpc) is 2.73. The molecule has 0 radical (unpaired) electrons. The first-order valence-corrected chi connectivity index (χ1v) is 10.6. The molecule has 0 saturated heterocycles. The smallest absolute Gasteiger partial charge is 0.336 e. The van der Waals surface area contributed by atoms with E-state index in [2.05, 4.69) is 5.32 Å². The Morgan fingerprint density at radius 1 is 1.20 bits per heavy atom. The predicted octanol–water partition coefficient (Wildman–Crippen LogP) is 4.29. The van der Waals surface area contributed by atoms with Crippen molar-refractivity contribution in [1.82, 2.24) is 5.32 Å². The SMILES string of the molecule is CC1=C(C(=O)OC2CCCCC2)C(c2cccc([N+](=O)[O-])c2)C2C(=O)CCC=C2N1. The molecule has 1 N–H and O–H groups in total. The number of benzene rings is 1. The summed E-state index contributed by atoms with van der Waals surface area (Å²) >= 11 is 0. The highest BCUT2D eigenvalue weighted by molar-refractivity contribution is 5.96. The molecule has 2 unspecified atom stereocenters. The molecule has 7 nitrogen and oxygen atoms in total. The van der Waals surface area contributed by atoms with Crippen LogP contribution < -0.4 is 5.32 Å². The van der Waals surface area contributed by atoms with Gasteiger partial charge in [0.1, 0.15) is 11.9 Å². The van der Waals surface area contributed by atoms with Crippen LogP contribution in [0.2, 0.25) is 0 Å². The maximum absolute atomic E-state index is 13.3. The molecule has 158 valence electrons. The minimum absolute atomic E-state index is 0.0342. The zero-order valence-corrected chi connectivity index (χ0v) is 17.1. The van der Waals surface area contributed by atoms with E-state index in [1.165, 1.54) is 12.1 Å². The normalized spacial score (nSPS) is 24.6. The first kappa shape index (κ1) is 20.3. The molecule has 0 spiro atoms. The van der Waals surface area contributed by atoms with Crippen LogP contribution >= 0.6 is 0 Å². The van der Waals surface area contributed by atoms with Crippen LogP contribution in [0.5, 0.6) is 0 Å². The highest BCUT2D eigenvalue weighted by atomic mass is 16.6. The molecule has 1 aliphatic heterocycles. The number of nitrogens with zero attached hydrogens (tertiary/aromatic N) is 1. The van der Waals surface area contributed by atoms with Gasteiger partial charge in [-0.3, -0.25) is 14.9 Å². The molecule has 2 aliphatic carbocycles. The van der Waals surface area contributed by atoms with Crippen LogP contribution in [-0.4, -0.2) is 22.8 Å². The summed E-state index contributed by atoms with van der Waals surface area (Å²) in [5, 5.41) is 14.6. The van der Waals surface area contributed by atoms with Crippen molar-refractivity contribution in [1.29, 1.82) is 0 Å². The Hall–Kier alpha value is -2.96. The molecular weight excluding hydrogens is 384 g/mol. The molecule has 3 aliphatic rings. The molecular formula is C23H26N2O5. The van der Waals surface area contributed by atoms with Crippen molar-refractivity contribution in [2.75, 3.05) is 0 Å². The molecule has 1 saturated carbocycles. The van der Waals surface area contributed by atoms with Gasteiger partial charge in [0.15, 0.2) is 0 Å². The average molecular weight is 410 g/mol. The number of carbonyl (C=O) groups is 2. The van der Waals surface area contributed by atoms with Gasteiger partial charge in [0.25, 0.3) is 5.69 Å². The summed E-state index contributed by atoms with van der Waals surface area (Å²) in [5.41, 5.74) is 2.35. The van der Waals surface area contributed by atoms with Crippen molar-refractivity contribution in [3.8, 4) is 0 Å². The molecule has 1 aromatic carbocycles. The number of carbonyl (C=O) groups excluding carboxylic acids is 2. The fraction of sp³-hybridized carbons (Fsp3) is 0.478. The fourth-order valence-electron chi connectivity index (χ4n) is 4.87. The predicted molar refractivity (Wildman–Crippen MR) is 110 cm³/mol. The summed E-state index contributed by atoms with van der Waals surface area (Å²) in [4.78, 5) is 37.1. The van der Waals surface area contributed by atoms with E-state index >= 15 is 0 Å². The molecule has 0 aromatic heterocycles. The van der Waals surface area contributed by atoms with Gasteiger partial charge in [0.05, 0.1) is 16.4 Å². The molecule has 1 fully saturated rings. The van der Waals surface area contributed by atoms with Gasteiger partial charge in [-0.2, -0.15) is 0 Å². The van der Waals surface area contributed by atoms with Gasteiger partial charge in [0, 0.05) is 35.9 Å². The summed E-state index contributed by atoms with van der Waals surface area (Å²) in [6, 6.07) is 6.24. The molecule has 0 bridgehead atoms. The Morgan fingerprint density at radius 2 is 1.97 bits per heavy atom. The number of ketones is 1. The summed E-state index contributed by atoms with van der Waals surface area (Å²) < 4.78 is 5.84. The maximum atomic E-state index is 13.3. The monoisotopic (exact) mass is 410 g/mol. The van der Waals surface area contributed by atoms with Gasteiger partial charge in [-0.15, -0.1) is 0 Å². The van der Waals surface area contributed by atoms with Crippen molar-refractivity contribution < 1.29 is 19.2 Å². The van der Waals surface area contributed by atoms with E-state index in [-0.39, 0.29) is 17.6 Å². The first-order valence-electron chi connectivity index (χ1n) is 10.6. The van der Waals surface area contributed by atoms with Gasteiger partial charge in [0.2, 0.25) is 0 Å². The van der Waals surface area contributed by atoms with E-state index in [4.69, 9.17) is 4.74 Å². The molecule has 7 heteroatoms. The number of hydrogen-bond acceptors (Lipinski definition) is 6. The van der Waals surface area contributed by atoms with E-state index in [9.17, 15) is 19.7 Å². The van der Waals surface area contributed by atoms with E-state index in [1.807, 2.05) is 6.08 Å². The lowest BCUT2D eigenvalue weighted by Gasteiger charge is -2.38. The summed E-state index contributed by atoms with van der Waals surface area (Å²) in [6.45, 7) is 1.80. The number of nitro groups is 1. The number of non-ortho nitro benzene ring substituents is 1.